The van der Waals surface area contributed by atoms with Crippen LogP contribution >= 0.6 is 35.0 Å². The normalized spacial score (nSPS) is 15.6. The van der Waals surface area contributed by atoms with Crippen LogP contribution in [-0.4, -0.2) is 25.8 Å². The first-order valence-corrected chi connectivity index (χ1v) is 12.8. The van der Waals surface area contributed by atoms with Gasteiger partial charge in [0.05, 0.1) is 10.3 Å². The summed E-state index contributed by atoms with van der Waals surface area (Å²) in [6.45, 7) is 4.05. The number of benzene rings is 2. The molecule has 0 N–H and O–H groups in total. The highest BCUT2D eigenvalue weighted by molar-refractivity contribution is 8.00. The SMILES string of the molecule is CCc1ccc(C(=O)C(C)Sc2nnc(-c3ccc(Cl)cc3Cl)n2C2CCCCC2)cc1. The molecular weight excluding hydrogens is 461 g/mol. The van der Waals surface area contributed by atoms with Crippen LogP contribution in [0.4, 0.5) is 0 Å². The molecule has 1 saturated carbocycles. The molecule has 1 atom stereocenters. The lowest BCUT2D eigenvalue weighted by Gasteiger charge is -2.26. The van der Waals surface area contributed by atoms with E-state index in [1.54, 1.807) is 6.07 Å². The van der Waals surface area contributed by atoms with Crippen molar-refractivity contribution in [3.63, 3.8) is 0 Å². The lowest BCUT2D eigenvalue weighted by atomic mass is 9.95. The summed E-state index contributed by atoms with van der Waals surface area (Å²) in [6.07, 6.45) is 6.72. The van der Waals surface area contributed by atoms with Crippen LogP contribution in [0.3, 0.4) is 0 Å². The maximum atomic E-state index is 13.1. The maximum absolute atomic E-state index is 13.1. The van der Waals surface area contributed by atoms with Crippen LogP contribution in [0.1, 0.15) is 67.9 Å². The Morgan fingerprint density at radius 1 is 1.09 bits per heavy atom. The summed E-state index contributed by atoms with van der Waals surface area (Å²) < 4.78 is 2.20. The van der Waals surface area contributed by atoms with Crippen LogP contribution in [0.15, 0.2) is 47.6 Å². The summed E-state index contributed by atoms with van der Waals surface area (Å²) in [7, 11) is 0. The van der Waals surface area contributed by atoms with Gasteiger partial charge in [-0.25, -0.2) is 0 Å². The van der Waals surface area contributed by atoms with Crippen LogP contribution in [0.25, 0.3) is 11.4 Å². The minimum absolute atomic E-state index is 0.0990. The van der Waals surface area contributed by atoms with Gasteiger partial charge in [-0.2, -0.15) is 0 Å². The first kappa shape index (κ1) is 23.3. The third-order valence-electron chi connectivity index (χ3n) is 6.07. The van der Waals surface area contributed by atoms with Crippen molar-refractivity contribution >= 4 is 40.7 Å². The molecule has 7 heteroatoms. The second kappa shape index (κ2) is 10.4. The van der Waals surface area contributed by atoms with Gasteiger partial charge in [0.2, 0.25) is 0 Å². The topological polar surface area (TPSA) is 47.8 Å². The Hall–Kier alpha value is -1.82. The molecule has 1 aliphatic carbocycles. The Kier molecular flexibility index (Phi) is 7.59. The number of rotatable bonds is 7. The summed E-state index contributed by atoms with van der Waals surface area (Å²) in [5.74, 6) is 0.843. The lowest BCUT2D eigenvalue weighted by Crippen LogP contribution is -2.18. The molecule has 1 fully saturated rings. The molecule has 1 heterocycles. The molecule has 0 amide bonds. The Balaban J connectivity index is 1.65. The monoisotopic (exact) mass is 487 g/mol. The third-order valence-corrected chi connectivity index (χ3v) is 7.68. The van der Waals surface area contributed by atoms with Gasteiger partial charge in [-0.05, 0) is 49.9 Å². The molecule has 32 heavy (non-hydrogen) atoms. The fraction of sp³-hybridized carbons (Fsp3) is 0.400. The fourth-order valence-electron chi connectivity index (χ4n) is 4.23. The van der Waals surface area contributed by atoms with Crippen molar-refractivity contribution in [1.29, 1.82) is 0 Å². The van der Waals surface area contributed by atoms with E-state index in [1.165, 1.54) is 36.6 Å². The van der Waals surface area contributed by atoms with Gasteiger partial charge in [-0.1, -0.05) is 85.4 Å². The molecule has 4 nitrogen and oxygen atoms in total. The second-order valence-corrected chi connectivity index (χ2v) is 10.4. The lowest BCUT2D eigenvalue weighted by molar-refractivity contribution is 0.0993. The van der Waals surface area contributed by atoms with Crippen LogP contribution in [0.2, 0.25) is 10.0 Å². The van der Waals surface area contributed by atoms with Gasteiger partial charge in [0.15, 0.2) is 16.8 Å². The van der Waals surface area contributed by atoms with Crippen molar-refractivity contribution in [2.24, 2.45) is 0 Å². The number of hydrogen-bond acceptors (Lipinski definition) is 4. The zero-order chi connectivity index (χ0) is 22.7. The highest BCUT2D eigenvalue weighted by atomic mass is 35.5. The van der Waals surface area contributed by atoms with Crippen molar-refractivity contribution in [2.75, 3.05) is 0 Å². The van der Waals surface area contributed by atoms with Gasteiger partial charge in [-0.3, -0.25) is 9.36 Å². The first-order valence-electron chi connectivity index (χ1n) is 11.2. The average molecular weight is 488 g/mol. The van der Waals surface area contributed by atoms with E-state index in [2.05, 4.69) is 21.7 Å². The number of aryl methyl sites for hydroxylation is 1. The van der Waals surface area contributed by atoms with Gasteiger partial charge in [-0.15, -0.1) is 10.2 Å². The van der Waals surface area contributed by atoms with Crippen molar-refractivity contribution in [3.8, 4) is 11.4 Å². The highest BCUT2D eigenvalue weighted by Gasteiger charge is 2.27. The minimum atomic E-state index is -0.275. The Morgan fingerprint density at radius 3 is 2.47 bits per heavy atom. The van der Waals surface area contributed by atoms with Gasteiger partial charge < -0.3 is 0 Å². The Bertz CT molecular complexity index is 1090. The predicted octanol–water partition coefficient (Wildman–Crippen LogP) is 7.68. The van der Waals surface area contributed by atoms with Crippen molar-refractivity contribution in [2.45, 2.75) is 68.8 Å². The molecule has 0 saturated heterocycles. The number of ketones is 1. The van der Waals surface area contributed by atoms with Crippen molar-refractivity contribution < 1.29 is 4.79 Å². The van der Waals surface area contributed by atoms with Crippen molar-refractivity contribution in [3.05, 3.63) is 63.6 Å². The molecule has 0 radical (unpaired) electrons. The Labute approximate surface area is 203 Å². The van der Waals surface area contributed by atoms with E-state index in [4.69, 9.17) is 23.2 Å². The fourth-order valence-corrected chi connectivity index (χ4v) is 5.72. The quantitative estimate of drug-likeness (QED) is 0.253. The molecule has 4 rings (SSSR count). The summed E-state index contributed by atoms with van der Waals surface area (Å²) in [6, 6.07) is 13.6. The van der Waals surface area contributed by atoms with Crippen LogP contribution in [-0.2, 0) is 6.42 Å². The van der Waals surface area contributed by atoms with E-state index in [1.807, 2.05) is 43.3 Å². The molecule has 1 aromatic heterocycles. The molecule has 0 bridgehead atoms. The zero-order valence-electron chi connectivity index (χ0n) is 18.4. The number of hydrogen-bond donors (Lipinski definition) is 0. The Morgan fingerprint density at radius 2 is 1.81 bits per heavy atom. The maximum Gasteiger partial charge on any atom is 0.192 e. The summed E-state index contributed by atoms with van der Waals surface area (Å²) in [4.78, 5) is 13.1. The number of carbonyl (C=O) groups is 1. The number of nitrogens with zero attached hydrogens (tertiary/aromatic N) is 3. The summed E-state index contributed by atoms with van der Waals surface area (Å²) in [5.41, 5.74) is 2.77. The van der Waals surface area contributed by atoms with Gasteiger partial charge in [0.1, 0.15) is 0 Å². The number of halogens is 2. The largest absolute Gasteiger partial charge is 0.299 e. The van der Waals surface area contributed by atoms with E-state index in [9.17, 15) is 4.79 Å². The first-order chi connectivity index (χ1) is 15.5. The van der Waals surface area contributed by atoms with Crippen molar-refractivity contribution in [1.82, 2.24) is 14.8 Å². The van der Waals surface area contributed by atoms with E-state index < -0.39 is 0 Å². The standard InChI is InChI=1S/C25H27Cl2N3OS/c1-3-17-9-11-18(12-10-17)23(31)16(2)32-25-29-28-24(21-14-13-19(26)15-22(21)27)30(25)20-7-5-4-6-8-20/h9-16,20H,3-8H2,1-2H3. The minimum Gasteiger partial charge on any atom is -0.299 e. The smallest absolute Gasteiger partial charge is 0.192 e. The van der Waals surface area contributed by atoms with E-state index in [0.717, 1.165) is 41.4 Å². The second-order valence-electron chi connectivity index (χ2n) is 8.27. The van der Waals surface area contributed by atoms with Gasteiger partial charge in [0.25, 0.3) is 0 Å². The van der Waals surface area contributed by atoms with Gasteiger partial charge >= 0.3 is 0 Å². The summed E-state index contributed by atoms with van der Waals surface area (Å²) in [5, 5.41) is 10.7. The molecule has 3 aromatic rings. The van der Waals surface area contributed by atoms with E-state index in [-0.39, 0.29) is 11.0 Å². The van der Waals surface area contributed by atoms with Gasteiger partial charge in [0, 0.05) is 22.2 Å². The van der Waals surface area contributed by atoms with Crippen LogP contribution < -0.4 is 0 Å². The van der Waals surface area contributed by atoms with E-state index >= 15 is 0 Å². The third kappa shape index (κ3) is 5.05. The molecular formula is C25H27Cl2N3OS. The zero-order valence-corrected chi connectivity index (χ0v) is 20.7. The number of aromatic nitrogens is 3. The van der Waals surface area contributed by atoms with Crippen LogP contribution in [0.5, 0.6) is 0 Å². The number of Topliss-reactive ketones (excluding diaryl/α,β-unsaturated/α-hetero) is 1. The molecule has 168 valence electrons. The predicted molar refractivity (Wildman–Crippen MR) is 133 cm³/mol. The van der Waals surface area contributed by atoms with Crippen LogP contribution in [0, 0.1) is 0 Å². The number of carbonyl (C=O) groups excluding carboxylic acids is 1. The molecule has 1 unspecified atom stereocenters. The highest BCUT2D eigenvalue weighted by Crippen LogP contribution is 2.39. The molecule has 1 aliphatic rings. The molecule has 2 aromatic carbocycles. The average Bonchev–Trinajstić information content (AvgIpc) is 3.22. The summed E-state index contributed by atoms with van der Waals surface area (Å²) >= 11 is 14.1. The molecule has 0 spiro atoms. The van der Waals surface area contributed by atoms with E-state index in [0.29, 0.717) is 16.1 Å². The molecule has 0 aliphatic heterocycles. The number of thioether (sulfide) groups is 1.